The molecule has 2 aromatic heterocycles. The molecule has 0 spiro atoms. The lowest BCUT2D eigenvalue weighted by molar-refractivity contribution is 0.324. The van der Waals surface area contributed by atoms with Crippen molar-refractivity contribution in [2.75, 3.05) is 25.4 Å². The van der Waals surface area contributed by atoms with E-state index in [0.29, 0.717) is 0 Å². The minimum atomic E-state index is 0.856. The van der Waals surface area contributed by atoms with Crippen LogP contribution in [0.1, 0.15) is 19.7 Å². The van der Waals surface area contributed by atoms with Gasteiger partial charge in [-0.15, -0.1) is 23.1 Å². The largest absolute Gasteiger partial charge is 0.303 e. The Balaban J connectivity index is 1.86. The van der Waals surface area contributed by atoms with Gasteiger partial charge in [-0.2, -0.15) is 0 Å². The van der Waals surface area contributed by atoms with Crippen molar-refractivity contribution in [1.82, 2.24) is 14.9 Å². The fourth-order valence-corrected chi connectivity index (χ4v) is 4.86. The van der Waals surface area contributed by atoms with Gasteiger partial charge < -0.3 is 4.90 Å². The number of thioether (sulfide) groups is 1. The average molecular weight is 358 g/mol. The Hall–Kier alpha value is -1.43. The lowest BCUT2D eigenvalue weighted by Crippen LogP contribution is -2.25. The van der Waals surface area contributed by atoms with Crippen LogP contribution in [0.4, 0.5) is 0 Å². The van der Waals surface area contributed by atoms with Crippen LogP contribution in [0.3, 0.4) is 0 Å². The Morgan fingerprint density at radius 3 is 2.54 bits per heavy atom. The highest BCUT2D eigenvalue weighted by molar-refractivity contribution is 7.99. The van der Waals surface area contributed by atoms with Crippen LogP contribution in [0.15, 0.2) is 41.4 Å². The summed E-state index contributed by atoms with van der Waals surface area (Å²) in [5.41, 5.74) is 1.25. The summed E-state index contributed by atoms with van der Waals surface area (Å²) in [6.45, 7) is 9.71. The van der Waals surface area contributed by atoms with E-state index in [9.17, 15) is 0 Å². The number of hydrogen-bond acceptors (Lipinski definition) is 5. The Labute approximate surface area is 152 Å². The molecule has 0 aliphatic rings. The molecule has 24 heavy (non-hydrogen) atoms. The highest BCUT2D eigenvalue weighted by Crippen LogP contribution is 2.36. The monoisotopic (exact) mass is 357 g/mol. The molecule has 126 valence electrons. The number of aromatic nitrogens is 2. The summed E-state index contributed by atoms with van der Waals surface area (Å²) in [6, 6.07) is 12.8. The first-order valence-electron chi connectivity index (χ1n) is 8.40. The van der Waals surface area contributed by atoms with Gasteiger partial charge in [-0.3, -0.25) is 0 Å². The summed E-state index contributed by atoms with van der Waals surface area (Å²) >= 11 is 3.60. The molecule has 0 aliphatic carbocycles. The minimum absolute atomic E-state index is 0.856. The van der Waals surface area contributed by atoms with Gasteiger partial charge in [0.2, 0.25) is 0 Å². The number of thiophene rings is 1. The molecule has 0 amide bonds. The molecule has 0 fully saturated rings. The molecule has 0 aliphatic heterocycles. The third kappa shape index (κ3) is 3.97. The van der Waals surface area contributed by atoms with Crippen LogP contribution in [-0.4, -0.2) is 40.3 Å². The third-order valence-electron chi connectivity index (χ3n) is 4.07. The quantitative estimate of drug-likeness (QED) is 0.434. The van der Waals surface area contributed by atoms with E-state index in [1.165, 1.54) is 15.8 Å². The summed E-state index contributed by atoms with van der Waals surface area (Å²) in [4.78, 5) is 14.1. The van der Waals surface area contributed by atoms with E-state index in [-0.39, 0.29) is 0 Å². The normalized spacial score (nSPS) is 11.5. The van der Waals surface area contributed by atoms with E-state index in [4.69, 9.17) is 4.98 Å². The maximum Gasteiger partial charge on any atom is 0.128 e. The topological polar surface area (TPSA) is 29.0 Å². The van der Waals surface area contributed by atoms with Crippen molar-refractivity contribution in [2.45, 2.75) is 25.8 Å². The standard InChI is InChI=1S/C19H23N3S2/c1-4-22(5-2)11-12-23-18-16-13-17(15-9-7-6-8-10-15)24-19(16)21-14(3)20-18/h6-10,13H,4-5,11-12H2,1-3H3. The van der Waals surface area contributed by atoms with Crippen molar-refractivity contribution in [3.63, 3.8) is 0 Å². The van der Waals surface area contributed by atoms with Crippen molar-refractivity contribution in [3.8, 4) is 10.4 Å². The lowest BCUT2D eigenvalue weighted by Gasteiger charge is -2.17. The Morgan fingerprint density at radius 2 is 1.83 bits per heavy atom. The lowest BCUT2D eigenvalue weighted by atomic mass is 10.2. The third-order valence-corrected chi connectivity index (χ3v) is 6.12. The smallest absolute Gasteiger partial charge is 0.128 e. The van der Waals surface area contributed by atoms with Gasteiger partial charge in [-0.05, 0) is 31.6 Å². The first kappa shape index (κ1) is 17.4. The van der Waals surface area contributed by atoms with Crippen molar-refractivity contribution in [3.05, 3.63) is 42.2 Å². The first-order valence-corrected chi connectivity index (χ1v) is 10.2. The van der Waals surface area contributed by atoms with Crippen LogP contribution in [0.2, 0.25) is 0 Å². The zero-order chi connectivity index (χ0) is 16.9. The van der Waals surface area contributed by atoms with Crippen molar-refractivity contribution in [2.24, 2.45) is 0 Å². The number of hydrogen-bond donors (Lipinski definition) is 0. The summed E-state index contributed by atoms with van der Waals surface area (Å²) in [5.74, 6) is 1.92. The van der Waals surface area contributed by atoms with E-state index in [2.05, 4.69) is 60.1 Å². The van der Waals surface area contributed by atoms with Crippen molar-refractivity contribution < 1.29 is 0 Å². The second kappa shape index (κ2) is 8.10. The number of aryl methyl sites for hydroxylation is 1. The summed E-state index contributed by atoms with van der Waals surface area (Å²) in [7, 11) is 0. The van der Waals surface area contributed by atoms with Gasteiger partial charge in [0.15, 0.2) is 0 Å². The Bertz CT molecular complexity index is 795. The predicted molar refractivity (Wildman–Crippen MR) is 106 cm³/mol. The fraction of sp³-hybridized carbons (Fsp3) is 0.368. The van der Waals surface area contributed by atoms with Crippen LogP contribution in [0.5, 0.6) is 0 Å². The van der Waals surface area contributed by atoms with E-state index >= 15 is 0 Å². The number of benzene rings is 1. The highest BCUT2D eigenvalue weighted by atomic mass is 32.2. The Kier molecular flexibility index (Phi) is 5.87. The summed E-state index contributed by atoms with van der Waals surface area (Å²) < 4.78 is 0. The molecule has 3 nitrogen and oxygen atoms in total. The molecule has 0 bridgehead atoms. The van der Waals surface area contributed by atoms with Gasteiger partial charge >= 0.3 is 0 Å². The Morgan fingerprint density at radius 1 is 1.08 bits per heavy atom. The van der Waals surface area contributed by atoms with Gasteiger partial charge in [0.25, 0.3) is 0 Å². The fourth-order valence-electron chi connectivity index (χ4n) is 2.66. The van der Waals surface area contributed by atoms with Crippen LogP contribution in [-0.2, 0) is 0 Å². The van der Waals surface area contributed by atoms with Gasteiger partial charge in [-0.1, -0.05) is 44.2 Å². The summed E-state index contributed by atoms with van der Waals surface area (Å²) in [5, 5.41) is 2.30. The van der Waals surface area contributed by atoms with Gasteiger partial charge in [-0.25, -0.2) is 9.97 Å². The van der Waals surface area contributed by atoms with E-state index < -0.39 is 0 Å². The molecule has 3 rings (SSSR count). The molecule has 5 heteroatoms. The SMILES string of the molecule is CCN(CC)CCSc1nc(C)nc2sc(-c3ccccc3)cc12. The molecule has 0 unspecified atom stereocenters. The molecular weight excluding hydrogens is 334 g/mol. The van der Waals surface area contributed by atoms with Crippen molar-refractivity contribution >= 4 is 33.3 Å². The number of fused-ring (bicyclic) bond motifs is 1. The maximum atomic E-state index is 4.70. The van der Waals surface area contributed by atoms with E-state index in [0.717, 1.165) is 41.1 Å². The number of rotatable bonds is 7. The van der Waals surface area contributed by atoms with Gasteiger partial charge in [0.05, 0.1) is 0 Å². The molecule has 1 aromatic carbocycles. The van der Waals surface area contributed by atoms with Crippen LogP contribution < -0.4 is 0 Å². The maximum absolute atomic E-state index is 4.70. The molecule has 0 saturated carbocycles. The zero-order valence-electron chi connectivity index (χ0n) is 14.5. The molecule has 0 saturated heterocycles. The van der Waals surface area contributed by atoms with Crippen molar-refractivity contribution in [1.29, 1.82) is 0 Å². The highest BCUT2D eigenvalue weighted by Gasteiger charge is 2.12. The predicted octanol–water partition coefficient (Wildman–Crippen LogP) is 5.10. The second-order valence-electron chi connectivity index (χ2n) is 5.65. The molecule has 0 radical (unpaired) electrons. The average Bonchev–Trinajstić information content (AvgIpc) is 3.03. The van der Waals surface area contributed by atoms with E-state index in [1.54, 1.807) is 11.3 Å². The minimum Gasteiger partial charge on any atom is -0.303 e. The van der Waals surface area contributed by atoms with Gasteiger partial charge in [0.1, 0.15) is 15.7 Å². The van der Waals surface area contributed by atoms with E-state index in [1.807, 2.05) is 18.7 Å². The zero-order valence-corrected chi connectivity index (χ0v) is 16.1. The second-order valence-corrected chi connectivity index (χ2v) is 7.76. The van der Waals surface area contributed by atoms with Crippen LogP contribution >= 0.6 is 23.1 Å². The van der Waals surface area contributed by atoms with Gasteiger partial charge in [0, 0.05) is 22.6 Å². The number of nitrogens with zero attached hydrogens (tertiary/aromatic N) is 3. The molecule has 3 aromatic rings. The summed E-state index contributed by atoms with van der Waals surface area (Å²) in [6.07, 6.45) is 0. The first-order chi connectivity index (χ1) is 11.7. The molecular formula is C19H23N3S2. The molecule has 2 heterocycles. The molecule has 0 atom stereocenters. The van der Waals surface area contributed by atoms with Crippen LogP contribution in [0, 0.1) is 6.92 Å². The van der Waals surface area contributed by atoms with Crippen LogP contribution in [0.25, 0.3) is 20.7 Å². The molecule has 0 N–H and O–H groups in total.